The molecule has 8 heteroatoms. The highest BCUT2D eigenvalue weighted by molar-refractivity contribution is 6.34. The van der Waals surface area contributed by atoms with Crippen molar-refractivity contribution in [1.29, 1.82) is 0 Å². The number of hydrogen-bond donors (Lipinski definition) is 1. The van der Waals surface area contributed by atoms with E-state index in [1.165, 1.54) is 12.1 Å². The second kappa shape index (κ2) is 8.38. The zero-order valence-corrected chi connectivity index (χ0v) is 16.9. The van der Waals surface area contributed by atoms with Crippen molar-refractivity contribution in [1.82, 2.24) is 14.9 Å². The van der Waals surface area contributed by atoms with Gasteiger partial charge >= 0.3 is 0 Å². The van der Waals surface area contributed by atoms with Gasteiger partial charge in [-0.2, -0.15) is 0 Å². The Labute approximate surface area is 178 Å². The van der Waals surface area contributed by atoms with Crippen LogP contribution in [0.15, 0.2) is 49.1 Å². The third kappa shape index (κ3) is 3.74. The lowest BCUT2D eigenvalue weighted by Crippen LogP contribution is -2.48. The van der Waals surface area contributed by atoms with Crippen LogP contribution >= 0.6 is 11.6 Å². The van der Waals surface area contributed by atoms with Crippen LogP contribution in [0, 0.1) is 5.82 Å². The van der Waals surface area contributed by atoms with Crippen molar-refractivity contribution >= 4 is 34.2 Å². The average Bonchev–Trinajstić information content (AvgIpc) is 2.78. The molecule has 1 fully saturated rings. The molecule has 1 amide bonds. The number of aliphatic hydroxyl groups excluding tert-OH is 1. The summed E-state index contributed by atoms with van der Waals surface area (Å²) in [6.07, 6.45) is 1.31. The summed E-state index contributed by atoms with van der Waals surface area (Å²) in [4.78, 5) is 24.8. The number of fused-ring (bicyclic) bond motifs is 1. The lowest BCUT2D eigenvalue weighted by Gasteiger charge is -2.35. The van der Waals surface area contributed by atoms with E-state index >= 15 is 0 Å². The standard InChI is InChI=1S/C22H20ClFN4O2/c1-2-20(30)27-7-9-28(10-8-27)22-16-12-17(23)21(15-5-3-4-6-18(15)24)26-19(16)11-14(13-29)25-22/h2-6,11-12,29H,1,7-10,13H2. The SMILES string of the molecule is C=CC(=O)N1CCN(c2nc(CO)cc3nc(-c4ccccc4F)c(Cl)cc23)CC1. The predicted molar refractivity (Wildman–Crippen MR) is 115 cm³/mol. The van der Waals surface area contributed by atoms with E-state index in [4.69, 9.17) is 11.6 Å². The Morgan fingerprint density at radius 1 is 1.20 bits per heavy atom. The Hall–Kier alpha value is -3.03. The van der Waals surface area contributed by atoms with Gasteiger partial charge in [-0.05, 0) is 30.3 Å². The van der Waals surface area contributed by atoms with E-state index < -0.39 is 5.82 Å². The van der Waals surface area contributed by atoms with Crippen molar-refractivity contribution < 1.29 is 14.3 Å². The highest BCUT2D eigenvalue weighted by Gasteiger charge is 2.23. The van der Waals surface area contributed by atoms with Gasteiger partial charge in [0.15, 0.2) is 0 Å². The molecule has 0 unspecified atom stereocenters. The first-order valence-electron chi connectivity index (χ1n) is 9.54. The summed E-state index contributed by atoms with van der Waals surface area (Å²) in [7, 11) is 0. The third-order valence-corrected chi connectivity index (χ3v) is 5.44. The van der Waals surface area contributed by atoms with Crippen molar-refractivity contribution in [3.05, 3.63) is 65.6 Å². The van der Waals surface area contributed by atoms with Crippen LogP contribution in [0.2, 0.25) is 5.02 Å². The fourth-order valence-corrected chi connectivity index (χ4v) is 3.86. The van der Waals surface area contributed by atoms with Gasteiger partial charge in [0.25, 0.3) is 0 Å². The first-order valence-corrected chi connectivity index (χ1v) is 9.92. The van der Waals surface area contributed by atoms with Crippen LogP contribution in [-0.4, -0.2) is 52.1 Å². The minimum atomic E-state index is -0.411. The Morgan fingerprint density at radius 2 is 1.93 bits per heavy atom. The predicted octanol–water partition coefficient (Wildman–Crippen LogP) is 3.42. The molecule has 0 aliphatic carbocycles. The molecule has 1 aliphatic heterocycles. The largest absolute Gasteiger partial charge is 0.390 e. The Morgan fingerprint density at radius 3 is 2.60 bits per heavy atom. The van der Waals surface area contributed by atoms with E-state index in [1.54, 1.807) is 35.2 Å². The lowest BCUT2D eigenvalue weighted by molar-refractivity contribution is -0.126. The maximum Gasteiger partial charge on any atom is 0.246 e. The number of amides is 1. The first kappa shape index (κ1) is 20.3. The van der Waals surface area contributed by atoms with Gasteiger partial charge < -0.3 is 14.9 Å². The van der Waals surface area contributed by atoms with Crippen molar-refractivity contribution in [2.45, 2.75) is 6.61 Å². The molecule has 1 aliphatic rings. The van der Waals surface area contributed by atoms with Crippen LogP contribution in [0.5, 0.6) is 0 Å². The number of anilines is 1. The van der Waals surface area contributed by atoms with Gasteiger partial charge in [-0.25, -0.2) is 14.4 Å². The molecule has 1 aromatic carbocycles. The van der Waals surface area contributed by atoms with Crippen LogP contribution in [0.1, 0.15) is 5.69 Å². The molecule has 30 heavy (non-hydrogen) atoms. The smallest absolute Gasteiger partial charge is 0.246 e. The first-order chi connectivity index (χ1) is 14.5. The number of carbonyl (C=O) groups is 1. The quantitative estimate of drug-likeness (QED) is 0.647. The van der Waals surface area contributed by atoms with Crippen LogP contribution in [0.25, 0.3) is 22.2 Å². The molecule has 0 atom stereocenters. The van der Waals surface area contributed by atoms with Gasteiger partial charge in [0.2, 0.25) is 5.91 Å². The zero-order chi connectivity index (χ0) is 21.3. The van der Waals surface area contributed by atoms with Crippen LogP contribution < -0.4 is 4.90 Å². The average molecular weight is 427 g/mol. The number of aliphatic hydroxyl groups is 1. The number of pyridine rings is 2. The molecule has 0 spiro atoms. The van der Waals surface area contributed by atoms with Gasteiger partial charge in [-0.3, -0.25) is 4.79 Å². The number of nitrogens with zero attached hydrogens (tertiary/aromatic N) is 4. The van der Waals surface area contributed by atoms with Gasteiger partial charge in [-0.1, -0.05) is 30.3 Å². The van der Waals surface area contributed by atoms with E-state index in [-0.39, 0.29) is 12.5 Å². The minimum Gasteiger partial charge on any atom is -0.390 e. The second-order valence-electron chi connectivity index (χ2n) is 6.98. The zero-order valence-electron chi connectivity index (χ0n) is 16.2. The molecule has 4 rings (SSSR count). The maximum absolute atomic E-state index is 14.3. The monoisotopic (exact) mass is 426 g/mol. The number of rotatable bonds is 4. The highest BCUT2D eigenvalue weighted by Crippen LogP contribution is 2.34. The molecular weight excluding hydrogens is 407 g/mol. The molecule has 6 nitrogen and oxygen atoms in total. The summed E-state index contributed by atoms with van der Waals surface area (Å²) in [6.45, 7) is 5.49. The number of hydrogen-bond acceptors (Lipinski definition) is 5. The summed E-state index contributed by atoms with van der Waals surface area (Å²) >= 11 is 6.49. The second-order valence-corrected chi connectivity index (χ2v) is 7.38. The van der Waals surface area contributed by atoms with E-state index in [1.807, 2.05) is 4.90 Å². The number of piperazine rings is 1. The molecule has 0 bridgehead atoms. The maximum atomic E-state index is 14.3. The summed E-state index contributed by atoms with van der Waals surface area (Å²) in [6, 6.07) is 9.73. The highest BCUT2D eigenvalue weighted by atomic mass is 35.5. The summed E-state index contributed by atoms with van der Waals surface area (Å²) in [5.74, 6) is 0.124. The molecule has 154 valence electrons. The van der Waals surface area contributed by atoms with Crippen LogP contribution in [0.4, 0.5) is 10.2 Å². The molecule has 3 aromatic rings. The van der Waals surface area contributed by atoms with Crippen molar-refractivity contribution in [2.75, 3.05) is 31.1 Å². The third-order valence-electron chi connectivity index (χ3n) is 5.16. The molecule has 1 N–H and O–H groups in total. The van der Waals surface area contributed by atoms with E-state index in [0.29, 0.717) is 64.9 Å². The topological polar surface area (TPSA) is 69.6 Å². The Kier molecular flexibility index (Phi) is 5.65. The molecular formula is C22H20ClFN4O2. The van der Waals surface area contributed by atoms with E-state index in [2.05, 4.69) is 16.5 Å². The Balaban J connectivity index is 1.78. The number of aromatic nitrogens is 2. The normalized spacial score (nSPS) is 14.2. The number of halogens is 2. The van der Waals surface area contributed by atoms with Crippen LogP contribution in [-0.2, 0) is 11.4 Å². The lowest BCUT2D eigenvalue weighted by atomic mass is 10.1. The molecule has 1 saturated heterocycles. The van der Waals surface area contributed by atoms with Crippen molar-refractivity contribution in [3.63, 3.8) is 0 Å². The van der Waals surface area contributed by atoms with E-state index in [9.17, 15) is 14.3 Å². The Bertz CT molecular complexity index is 1130. The summed E-state index contributed by atoms with van der Waals surface area (Å²) < 4.78 is 14.3. The van der Waals surface area contributed by atoms with Gasteiger partial charge in [0.05, 0.1) is 28.5 Å². The number of benzene rings is 1. The van der Waals surface area contributed by atoms with Crippen molar-refractivity contribution in [2.24, 2.45) is 0 Å². The summed E-state index contributed by atoms with van der Waals surface area (Å²) in [5, 5.41) is 10.7. The van der Waals surface area contributed by atoms with Gasteiger partial charge in [0, 0.05) is 37.1 Å². The summed E-state index contributed by atoms with van der Waals surface area (Å²) in [5.41, 5.74) is 1.67. The number of carbonyl (C=O) groups excluding carboxylic acids is 1. The van der Waals surface area contributed by atoms with Crippen LogP contribution in [0.3, 0.4) is 0 Å². The molecule has 0 radical (unpaired) electrons. The minimum absolute atomic E-state index is 0.101. The molecule has 0 saturated carbocycles. The molecule has 2 aromatic heterocycles. The fraction of sp³-hybridized carbons (Fsp3) is 0.227. The van der Waals surface area contributed by atoms with Crippen molar-refractivity contribution in [3.8, 4) is 11.3 Å². The van der Waals surface area contributed by atoms with Gasteiger partial charge in [0.1, 0.15) is 11.6 Å². The molecule has 3 heterocycles. The fourth-order valence-electron chi connectivity index (χ4n) is 3.61. The van der Waals surface area contributed by atoms with Gasteiger partial charge in [-0.15, -0.1) is 0 Å². The van der Waals surface area contributed by atoms with E-state index in [0.717, 1.165) is 0 Å².